The van der Waals surface area contributed by atoms with Crippen LogP contribution >= 0.6 is 0 Å². The Morgan fingerprint density at radius 2 is 1.91 bits per heavy atom. The summed E-state index contributed by atoms with van der Waals surface area (Å²) < 4.78 is 15.8. The van der Waals surface area contributed by atoms with E-state index < -0.39 is 11.9 Å². The third-order valence-electron chi connectivity index (χ3n) is 3.23. The van der Waals surface area contributed by atoms with Crippen LogP contribution in [0.25, 0.3) is 0 Å². The molecule has 0 bridgehead atoms. The van der Waals surface area contributed by atoms with Crippen LogP contribution in [0.3, 0.4) is 0 Å². The van der Waals surface area contributed by atoms with Gasteiger partial charge in [-0.3, -0.25) is 4.79 Å². The molecule has 0 aliphatic rings. The molecule has 22 heavy (non-hydrogen) atoms. The smallest absolute Gasteiger partial charge is 0.316 e. The van der Waals surface area contributed by atoms with Gasteiger partial charge in [-0.1, -0.05) is 24.3 Å². The highest BCUT2D eigenvalue weighted by Crippen LogP contribution is 2.28. The molecular weight excluding hydrogens is 284 g/mol. The van der Waals surface area contributed by atoms with Crippen molar-refractivity contribution >= 4 is 5.97 Å². The second-order valence-electron chi connectivity index (χ2n) is 4.63. The predicted molar refractivity (Wildman–Crippen MR) is 81.4 cm³/mol. The van der Waals surface area contributed by atoms with E-state index in [1.54, 1.807) is 37.4 Å². The van der Waals surface area contributed by atoms with Gasteiger partial charge in [-0.15, -0.1) is 0 Å². The third kappa shape index (κ3) is 3.69. The molecular formula is C17H18O5. The van der Waals surface area contributed by atoms with Crippen molar-refractivity contribution in [2.45, 2.75) is 5.92 Å². The minimum atomic E-state index is -0.622. The summed E-state index contributed by atoms with van der Waals surface area (Å²) in [4.78, 5) is 12.1. The van der Waals surface area contributed by atoms with Gasteiger partial charge in [0, 0.05) is 11.6 Å². The lowest BCUT2D eigenvalue weighted by atomic mass is 9.99. The van der Waals surface area contributed by atoms with Crippen molar-refractivity contribution in [3.05, 3.63) is 54.1 Å². The fourth-order valence-electron chi connectivity index (χ4n) is 2.13. The third-order valence-corrected chi connectivity index (χ3v) is 3.23. The molecule has 116 valence electrons. The zero-order valence-electron chi connectivity index (χ0n) is 12.5. The molecule has 1 N–H and O–H groups in total. The number of esters is 1. The maximum absolute atomic E-state index is 12.1. The number of methoxy groups -OCH3 is 2. The Labute approximate surface area is 129 Å². The van der Waals surface area contributed by atoms with E-state index in [2.05, 4.69) is 0 Å². The Kier molecular flexibility index (Phi) is 5.25. The first-order valence-electron chi connectivity index (χ1n) is 6.78. The average molecular weight is 302 g/mol. The molecule has 1 unspecified atom stereocenters. The summed E-state index contributed by atoms with van der Waals surface area (Å²) in [5.74, 6) is 0.138. The van der Waals surface area contributed by atoms with Crippen molar-refractivity contribution in [1.29, 1.82) is 0 Å². The molecule has 0 radical (unpaired) electrons. The normalized spacial score (nSPS) is 11.5. The van der Waals surface area contributed by atoms with Crippen molar-refractivity contribution < 1.29 is 24.1 Å². The van der Waals surface area contributed by atoms with E-state index in [9.17, 15) is 9.90 Å². The molecule has 0 aliphatic carbocycles. The number of phenolic OH excluding ortho intramolecular Hbond substituents is 1. The molecule has 5 nitrogen and oxygen atoms in total. The van der Waals surface area contributed by atoms with E-state index in [0.717, 1.165) is 0 Å². The van der Waals surface area contributed by atoms with Crippen LogP contribution in [0, 0.1) is 0 Å². The highest BCUT2D eigenvalue weighted by atomic mass is 16.5. The van der Waals surface area contributed by atoms with Gasteiger partial charge in [0.05, 0.1) is 14.2 Å². The number of phenols is 1. The topological polar surface area (TPSA) is 65.0 Å². The number of rotatable bonds is 6. The summed E-state index contributed by atoms with van der Waals surface area (Å²) in [6, 6.07) is 13.6. The zero-order valence-corrected chi connectivity index (χ0v) is 12.5. The molecule has 0 aliphatic heterocycles. The fraction of sp³-hybridized carbons (Fsp3) is 0.235. The van der Waals surface area contributed by atoms with Crippen LogP contribution < -0.4 is 9.47 Å². The van der Waals surface area contributed by atoms with Crippen molar-refractivity contribution in [2.75, 3.05) is 20.8 Å². The minimum absolute atomic E-state index is 0.0799. The Morgan fingerprint density at radius 1 is 1.14 bits per heavy atom. The standard InChI is InChI=1S/C17H18O5/c1-20-16-9-4-3-8-14(16)15(17(19)21-2)11-22-13-7-5-6-12(18)10-13/h3-10,15,18H,11H2,1-2H3. The maximum Gasteiger partial charge on any atom is 0.316 e. The van der Waals surface area contributed by atoms with E-state index in [-0.39, 0.29) is 12.4 Å². The van der Waals surface area contributed by atoms with E-state index >= 15 is 0 Å². The zero-order chi connectivity index (χ0) is 15.9. The summed E-state index contributed by atoms with van der Waals surface area (Å²) in [7, 11) is 2.88. The average Bonchev–Trinajstić information content (AvgIpc) is 2.55. The van der Waals surface area contributed by atoms with E-state index in [1.165, 1.54) is 13.2 Å². The molecule has 0 saturated carbocycles. The monoisotopic (exact) mass is 302 g/mol. The van der Waals surface area contributed by atoms with Gasteiger partial charge in [0.2, 0.25) is 0 Å². The van der Waals surface area contributed by atoms with Gasteiger partial charge in [-0.05, 0) is 18.2 Å². The van der Waals surface area contributed by atoms with Crippen LogP contribution in [-0.2, 0) is 9.53 Å². The van der Waals surface area contributed by atoms with Gasteiger partial charge < -0.3 is 19.3 Å². The molecule has 2 aromatic rings. The molecule has 0 fully saturated rings. The molecule has 2 rings (SSSR count). The number of carbonyl (C=O) groups excluding carboxylic acids is 1. The number of hydrogen-bond acceptors (Lipinski definition) is 5. The van der Waals surface area contributed by atoms with E-state index in [0.29, 0.717) is 17.1 Å². The van der Waals surface area contributed by atoms with Crippen LogP contribution in [0.1, 0.15) is 11.5 Å². The highest BCUT2D eigenvalue weighted by Gasteiger charge is 2.25. The van der Waals surface area contributed by atoms with Gasteiger partial charge in [-0.25, -0.2) is 0 Å². The molecule has 2 aromatic carbocycles. The quantitative estimate of drug-likeness (QED) is 0.831. The van der Waals surface area contributed by atoms with Crippen molar-refractivity contribution in [1.82, 2.24) is 0 Å². The van der Waals surface area contributed by atoms with Crippen LogP contribution in [0.4, 0.5) is 0 Å². The van der Waals surface area contributed by atoms with Gasteiger partial charge in [0.15, 0.2) is 0 Å². The second-order valence-corrected chi connectivity index (χ2v) is 4.63. The Bertz CT molecular complexity index is 638. The van der Waals surface area contributed by atoms with Crippen molar-refractivity contribution in [2.24, 2.45) is 0 Å². The number of benzene rings is 2. The number of aromatic hydroxyl groups is 1. The van der Waals surface area contributed by atoms with E-state index in [4.69, 9.17) is 14.2 Å². The summed E-state index contributed by atoms with van der Waals surface area (Å²) in [5.41, 5.74) is 0.692. The summed E-state index contributed by atoms with van der Waals surface area (Å²) >= 11 is 0. The van der Waals surface area contributed by atoms with Gasteiger partial charge >= 0.3 is 5.97 Å². The van der Waals surface area contributed by atoms with Crippen molar-refractivity contribution in [3.63, 3.8) is 0 Å². The van der Waals surface area contributed by atoms with Gasteiger partial charge in [0.1, 0.15) is 29.8 Å². The Hall–Kier alpha value is -2.69. The summed E-state index contributed by atoms with van der Waals surface area (Å²) in [5, 5.41) is 9.44. The molecule has 1 atom stereocenters. The molecule has 0 spiro atoms. The minimum Gasteiger partial charge on any atom is -0.508 e. The Morgan fingerprint density at radius 3 is 2.59 bits per heavy atom. The number of ether oxygens (including phenoxy) is 3. The lowest BCUT2D eigenvalue weighted by Gasteiger charge is -2.18. The molecule has 0 heterocycles. The highest BCUT2D eigenvalue weighted by molar-refractivity contribution is 5.79. The molecule has 5 heteroatoms. The van der Waals surface area contributed by atoms with E-state index in [1.807, 2.05) is 12.1 Å². The molecule has 0 saturated heterocycles. The van der Waals surface area contributed by atoms with Crippen LogP contribution in [0.5, 0.6) is 17.2 Å². The predicted octanol–water partition coefficient (Wildman–Crippen LogP) is 2.74. The number of hydrogen-bond donors (Lipinski definition) is 1. The number of para-hydroxylation sites is 1. The van der Waals surface area contributed by atoms with Crippen molar-refractivity contribution in [3.8, 4) is 17.2 Å². The fourth-order valence-corrected chi connectivity index (χ4v) is 2.13. The molecule has 0 amide bonds. The molecule has 0 aromatic heterocycles. The van der Waals surface area contributed by atoms with Crippen LogP contribution in [0.2, 0.25) is 0 Å². The van der Waals surface area contributed by atoms with Gasteiger partial charge in [-0.2, -0.15) is 0 Å². The maximum atomic E-state index is 12.1. The summed E-state index contributed by atoms with van der Waals surface area (Å²) in [6.45, 7) is 0.0799. The lowest BCUT2D eigenvalue weighted by molar-refractivity contribution is -0.143. The first-order chi connectivity index (χ1) is 10.7. The summed E-state index contributed by atoms with van der Waals surface area (Å²) in [6.07, 6.45) is 0. The first kappa shape index (κ1) is 15.7. The number of carbonyl (C=O) groups is 1. The van der Waals surface area contributed by atoms with Crippen LogP contribution in [0.15, 0.2) is 48.5 Å². The van der Waals surface area contributed by atoms with Crippen LogP contribution in [-0.4, -0.2) is 31.9 Å². The lowest BCUT2D eigenvalue weighted by Crippen LogP contribution is -2.22. The largest absolute Gasteiger partial charge is 0.508 e. The Balaban J connectivity index is 2.21. The second kappa shape index (κ2) is 7.36. The first-order valence-corrected chi connectivity index (χ1v) is 6.78. The van der Waals surface area contributed by atoms with Gasteiger partial charge in [0.25, 0.3) is 0 Å². The SMILES string of the molecule is COC(=O)C(COc1cccc(O)c1)c1ccccc1OC.